The van der Waals surface area contributed by atoms with E-state index in [2.05, 4.69) is 13.2 Å². The number of thiophene rings is 1. The van der Waals surface area contributed by atoms with Crippen molar-refractivity contribution in [3.63, 3.8) is 0 Å². The van der Waals surface area contributed by atoms with Crippen LogP contribution in [0.1, 0.15) is 23.0 Å². The van der Waals surface area contributed by atoms with Gasteiger partial charge in [-0.3, -0.25) is 4.79 Å². The zero-order valence-corrected chi connectivity index (χ0v) is 11.0. The number of nitrogens with zero attached hydrogens (tertiary/aromatic N) is 1. The summed E-state index contributed by atoms with van der Waals surface area (Å²) in [5.74, 6) is 1.15. The first-order valence-electron chi connectivity index (χ1n) is 5.00. The molecule has 0 saturated heterocycles. The molecule has 1 unspecified atom stereocenters. The lowest BCUT2D eigenvalue weighted by molar-refractivity contribution is 0.0748. The van der Waals surface area contributed by atoms with E-state index in [1.165, 1.54) is 11.3 Å². The first-order chi connectivity index (χ1) is 7.20. The van der Waals surface area contributed by atoms with Gasteiger partial charge in [0, 0.05) is 18.8 Å². The fourth-order valence-corrected chi connectivity index (χ4v) is 2.99. The normalized spacial score (nSPS) is 12.5. The Balaban J connectivity index is 2.66. The molecule has 1 aromatic heterocycles. The van der Waals surface area contributed by atoms with Gasteiger partial charge in [-0.15, -0.1) is 11.3 Å². The quantitative estimate of drug-likeness (QED) is 0.792. The van der Waals surface area contributed by atoms with Crippen molar-refractivity contribution in [2.75, 3.05) is 19.1 Å². The van der Waals surface area contributed by atoms with Crippen LogP contribution in [0.2, 0.25) is 0 Å². The Morgan fingerprint density at radius 1 is 1.67 bits per heavy atom. The van der Waals surface area contributed by atoms with Gasteiger partial charge < -0.3 is 4.90 Å². The van der Waals surface area contributed by atoms with Gasteiger partial charge in [0.2, 0.25) is 0 Å². The fraction of sp³-hybridized carbons (Fsp3) is 0.545. The van der Waals surface area contributed by atoms with Crippen molar-refractivity contribution in [1.82, 2.24) is 4.90 Å². The second-order valence-electron chi connectivity index (χ2n) is 3.41. The molecule has 0 spiro atoms. The zero-order chi connectivity index (χ0) is 11.3. The average Bonchev–Trinajstić information content (AvgIpc) is 2.77. The van der Waals surface area contributed by atoms with Crippen LogP contribution in [-0.2, 0) is 0 Å². The van der Waals surface area contributed by atoms with Gasteiger partial charge in [0.05, 0.1) is 4.88 Å². The maximum Gasteiger partial charge on any atom is 0.263 e. The number of thioether (sulfide) groups is 1. The molecule has 0 radical (unpaired) electrons. The van der Waals surface area contributed by atoms with E-state index >= 15 is 0 Å². The minimum Gasteiger partial charge on any atom is -0.337 e. The molecule has 0 aliphatic heterocycles. The number of carbonyl (C=O) groups is 1. The predicted molar refractivity (Wildman–Crippen MR) is 68.9 cm³/mol. The Bertz CT molecular complexity index is 298. The van der Waals surface area contributed by atoms with Crippen molar-refractivity contribution in [2.45, 2.75) is 19.4 Å². The van der Waals surface area contributed by atoms with Gasteiger partial charge in [-0.05, 0) is 24.1 Å². The summed E-state index contributed by atoms with van der Waals surface area (Å²) in [6.07, 6.45) is 3.08. The number of amides is 1. The highest BCUT2D eigenvalue weighted by atomic mass is 32.2. The lowest BCUT2D eigenvalue weighted by atomic mass is 10.2. The molecule has 0 bridgehead atoms. The number of hydrogen-bond donors (Lipinski definition) is 0. The van der Waals surface area contributed by atoms with Crippen molar-refractivity contribution in [3.8, 4) is 0 Å². The van der Waals surface area contributed by atoms with Gasteiger partial charge in [-0.1, -0.05) is 13.0 Å². The fourth-order valence-electron chi connectivity index (χ4n) is 1.44. The topological polar surface area (TPSA) is 20.3 Å². The van der Waals surface area contributed by atoms with E-state index in [0.717, 1.165) is 17.1 Å². The van der Waals surface area contributed by atoms with Crippen LogP contribution < -0.4 is 0 Å². The molecule has 0 saturated carbocycles. The van der Waals surface area contributed by atoms with E-state index < -0.39 is 0 Å². The third-order valence-corrected chi connectivity index (χ3v) is 4.01. The van der Waals surface area contributed by atoms with Crippen molar-refractivity contribution < 1.29 is 4.79 Å². The van der Waals surface area contributed by atoms with Crippen molar-refractivity contribution in [2.24, 2.45) is 0 Å². The van der Waals surface area contributed by atoms with Gasteiger partial charge in [-0.25, -0.2) is 0 Å². The Morgan fingerprint density at radius 2 is 2.40 bits per heavy atom. The number of rotatable bonds is 5. The Labute approximate surface area is 99.7 Å². The first kappa shape index (κ1) is 12.6. The molecule has 2 nitrogen and oxygen atoms in total. The molecular formula is C11H17NOS2. The lowest BCUT2D eigenvalue weighted by Gasteiger charge is -2.26. The summed E-state index contributed by atoms with van der Waals surface area (Å²) in [5, 5.41) is 1.94. The Morgan fingerprint density at radius 3 is 2.87 bits per heavy atom. The lowest BCUT2D eigenvalue weighted by Crippen LogP contribution is -2.37. The summed E-state index contributed by atoms with van der Waals surface area (Å²) in [7, 11) is 1.90. The minimum absolute atomic E-state index is 0.144. The summed E-state index contributed by atoms with van der Waals surface area (Å²) in [5.41, 5.74) is 0. The third kappa shape index (κ3) is 3.24. The summed E-state index contributed by atoms with van der Waals surface area (Å²) >= 11 is 3.29. The molecule has 15 heavy (non-hydrogen) atoms. The number of hydrogen-bond acceptors (Lipinski definition) is 3. The highest BCUT2D eigenvalue weighted by Crippen LogP contribution is 2.15. The maximum atomic E-state index is 12.0. The molecule has 0 fully saturated rings. The number of carbonyl (C=O) groups excluding carboxylic acids is 1. The van der Waals surface area contributed by atoms with Gasteiger partial charge in [0.1, 0.15) is 0 Å². The second-order valence-corrected chi connectivity index (χ2v) is 5.27. The molecule has 0 aromatic carbocycles. The van der Waals surface area contributed by atoms with E-state index in [-0.39, 0.29) is 5.91 Å². The molecule has 0 aliphatic carbocycles. The minimum atomic E-state index is 0.144. The monoisotopic (exact) mass is 243 g/mol. The Hall–Kier alpha value is -0.480. The maximum absolute atomic E-state index is 12.0. The Kier molecular flexibility index (Phi) is 5.19. The summed E-state index contributed by atoms with van der Waals surface area (Å²) < 4.78 is 0. The highest BCUT2D eigenvalue weighted by Gasteiger charge is 2.19. The molecule has 84 valence electrons. The smallest absolute Gasteiger partial charge is 0.263 e. The van der Waals surface area contributed by atoms with Crippen LogP contribution in [-0.4, -0.2) is 35.9 Å². The van der Waals surface area contributed by atoms with Crippen LogP contribution in [0.4, 0.5) is 0 Å². The summed E-state index contributed by atoms with van der Waals surface area (Å²) in [6.45, 7) is 2.12. The first-order valence-corrected chi connectivity index (χ1v) is 7.27. The average molecular weight is 243 g/mol. The van der Waals surface area contributed by atoms with Gasteiger partial charge in [0.25, 0.3) is 5.91 Å². The van der Waals surface area contributed by atoms with Crippen molar-refractivity contribution >= 4 is 29.0 Å². The van der Waals surface area contributed by atoms with Crippen molar-refractivity contribution in [3.05, 3.63) is 22.4 Å². The molecule has 0 N–H and O–H groups in total. The van der Waals surface area contributed by atoms with Crippen LogP contribution in [0.25, 0.3) is 0 Å². The van der Waals surface area contributed by atoms with E-state index in [0.29, 0.717) is 6.04 Å². The molecule has 4 heteroatoms. The zero-order valence-electron chi connectivity index (χ0n) is 9.40. The van der Waals surface area contributed by atoms with Gasteiger partial charge in [-0.2, -0.15) is 11.8 Å². The largest absolute Gasteiger partial charge is 0.337 e. The van der Waals surface area contributed by atoms with Crippen LogP contribution in [0, 0.1) is 0 Å². The van der Waals surface area contributed by atoms with Gasteiger partial charge in [0.15, 0.2) is 0 Å². The second kappa shape index (κ2) is 6.18. The van der Waals surface area contributed by atoms with Crippen molar-refractivity contribution in [1.29, 1.82) is 0 Å². The molecular weight excluding hydrogens is 226 g/mol. The molecule has 1 atom stereocenters. The van der Waals surface area contributed by atoms with Crippen LogP contribution in [0.15, 0.2) is 17.5 Å². The molecule has 1 rings (SSSR count). The molecule has 1 amide bonds. The third-order valence-electron chi connectivity index (χ3n) is 2.43. The standard InChI is InChI=1S/C11H17NOS2/c1-4-9(8-14-3)12(2)11(13)10-6-5-7-15-10/h5-7,9H,4,8H2,1-3H3. The molecule has 1 heterocycles. The van der Waals surface area contributed by atoms with E-state index in [9.17, 15) is 4.79 Å². The van der Waals surface area contributed by atoms with Crippen LogP contribution in [0.5, 0.6) is 0 Å². The molecule has 0 aliphatic rings. The van der Waals surface area contributed by atoms with E-state index in [1.54, 1.807) is 11.8 Å². The van der Waals surface area contributed by atoms with E-state index in [4.69, 9.17) is 0 Å². The molecule has 1 aromatic rings. The van der Waals surface area contributed by atoms with Crippen LogP contribution in [0.3, 0.4) is 0 Å². The van der Waals surface area contributed by atoms with Gasteiger partial charge >= 0.3 is 0 Å². The SMILES string of the molecule is CCC(CSC)N(C)C(=O)c1cccs1. The predicted octanol–water partition coefficient (Wildman–Crippen LogP) is 2.96. The van der Waals surface area contributed by atoms with E-state index in [1.807, 2.05) is 29.5 Å². The summed E-state index contributed by atoms with van der Waals surface area (Å²) in [4.78, 5) is 14.7. The van der Waals surface area contributed by atoms with Crippen LogP contribution >= 0.6 is 23.1 Å². The highest BCUT2D eigenvalue weighted by molar-refractivity contribution is 7.98. The summed E-state index contributed by atoms with van der Waals surface area (Å²) in [6, 6.07) is 4.14.